The lowest BCUT2D eigenvalue weighted by molar-refractivity contribution is -0.146. The highest BCUT2D eigenvalue weighted by atomic mass is 16.3. The molecular weight excluding hydrogens is 1030 g/mol. The Morgan fingerprint density at radius 3 is 2.25 bits per heavy atom. The highest BCUT2D eigenvalue weighted by Gasteiger charge is 2.53. The molecular formula is C62H81N9O10. The summed E-state index contributed by atoms with van der Waals surface area (Å²) in [7, 11) is 0. The lowest BCUT2D eigenvalue weighted by Crippen LogP contribution is -2.62. The molecule has 2 aromatic carbocycles. The van der Waals surface area contributed by atoms with Crippen molar-refractivity contribution in [1.29, 1.82) is 0 Å². The fourth-order valence-electron chi connectivity index (χ4n) is 14.1. The predicted octanol–water partition coefficient (Wildman–Crippen LogP) is 6.09. The second kappa shape index (κ2) is 24.4. The van der Waals surface area contributed by atoms with Crippen molar-refractivity contribution in [2.24, 2.45) is 29.1 Å². The molecule has 3 aliphatic heterocycles. The normalized spacial score (nSPS) is 25.9. The van der Waals surface area contributed by atoms with Crippen molar-refractivity contribution >= 4 is 63.9 Å². The lowest BCUT2D eigenvalue weighted by atomic mass is 9.81. The Morgan fingerprint density at radius 2 is 1.53 bits per heavy atom. The van der Waals surface area contributed by atoms with Crippen LogP contribution in [0.3, 0.4) is 0 Å². The quantitative estimate of drug-likeness (QED) is 0.0839. The van der Waals surface area contributed by atoms with Crippen molar-refractivity contribution in [3.05, 3.63) is 70.8 Å². The number of likely N-dealkylation sites (tertiary alicyclic amines) is 1. The van der Waals surface area contributed by atoms with Crippen molar-refractivity contribution in [2.45, 2.75) is 211 Å². The maximum absolute atomic E-state index is 15.0. The summed E-state index contributed by atoms with van der Waals surface area (Å²) in [5.41, 5.74) is 1.76. The van der Waals surface area contributed by atoms with Gasteiger partial charge in [-0.1, -0.05) is 97.3 Å². The Kier molecular flexibility index (Phi) is 17.4. The number of hydrogen-bond donors (Lipinski definition) is 6. The fraction of sp³-hybridized carbons (Fsp3) is 0.629. The number of nitrogens with one attached hydrogen (secondary N) is 5. The highest BCUT2D eigenvalue weighted by molar-refractivity contribution is 6.27. The van der Waals surface area contributed by atoms with E-state index in [0.29, 0.717) is 55.2 Å². The van der Waals surface area contributed by atoms with Gasteiger partial charge in [0.05, 0.1) is 17.9 Å². The van der Waals surface area contributed by atoms with E-state index >= 15 is 4.79 Å². The van der Waals surface area contributed by atoms with Gasteiger partial charge in [0.1, 0.15) is 29.9 Å². The summed E-state index contributed by atoms with van der Waals surface area (Å²) in [6.07, 6.45) is 17.6. The van der Waals surface area contributed by atoms with Crippen LogP contribution in [0.1, 0.15) is 204 Å². The molecule has 4 heterocycles. The van der Waals surface area contributed by atoms with Gasteiger partial charge >= 0.3 is 0 Å². The summed E-state index contributed by atoms with van der Waals surface area (Å²) in [6.45, 7) is 7.90. The number of carbonyl (C=O) groups excluding carboxylic acids is 9. The van der Waals surface area contributed by atoms with Gasteiger partial charge in [0.25, 0.3) is 23.6 Å². The zero-order chi connectivity index (χ0) is 57.3. The van der Waals surface area contributed by atoms with Gasteiger partial charge in [-0.05, 0) is 129 Å². The Hall–Kier alpha value is -6.63. The molecule has 6 fully saturated rings. The van der Waals surface area contributed by atoms with Crippen molar-refractivity contribution in [1.82, 2.24) is 46.4 Å². The number of piperidine rings is 1. The number of carbonyl (C=O) groups is 9. The molecule has 4 unspecified atom stereocenters. The minimum atomic E-state index is -1.44. The predicted molar refractivity (Wildman–Crippen MR) is 300 cm³/mol. The molecule has 1 aromatic heterocycles. The van der Waals surface area contributed by atoms with Crippen LogP contribution in [0, 0.1) is 29.1 Å². The zero-order valence-electron chi connectivity index (χ0n) is 47.4. The highest BCUT2D eigenvalue weighted by Crippen LogP contribution is 2.44. The molecule has 2 saturated heterocycles. The first-order valence-electron chi connectivity index (χ1n) is 30.2. The SMILES string of the molecule is CCC[C@@H](NC(=O)[C@@H]1[C@H]2CCC[C@H]2CN1C(=O)[C@@H](NC(=O)[C@@H](NC(=O)c1cnc(C2CCCCC(Cc3cc4c5c(cccc5c3)C(=O)N(C3CCC(=O)NC3=O)C4=O)CC2)cn1)C1CCCCC1)C(C)(C)C)C(O)C(=O)NC1CC1. The average Bonchev–Trinajstić information content (AvgIpc) is 3.63. The molecule has 0 spiro atoms. The van der Waals surface area contributed by atoms with Crippen LogP contribution in [-0.2, 0) is 35.2 Å². The first-order chi connectivity index (χ1) is 38.9. The summed E-state index contributed by atoms with van der Waals surface area (Å²) in [6, 6.07) is 4.56. The van der Waals surface area contributed by atoms with E-state index in [2.05, 4.69) is 37.6 Å². The molecule has 6 N–H and O–H groups in total. The number of nitrogens with zero attached hydrogens (tertiary/aromatic N) is 4. The van der Waals surface area contributed by atoms with Crippen LogP contribution in [0.15, 0.2) is 42.7 Å². The molecule has 81 heavy (non-hydrogen) atoms. The largest absolute Gasteiger partial charge is 0.381 e. The zero-order valence-corrected chi connectivity index (χ0v) is 47.4. The molecule has 19 nitrogen and oxygen atoms in total. The number of benzene rings is 2. The topological polar surface area (TPSA) is 266 Å². The molecule has 10 rings (SSSR count). The van der Waals surface area contributed by atoms with Crippen LogP contribution < -0.4 is 26.6 Å². The summed E-state index contributed by atoms with van der Waals surface area (Å²) >= 11 is 0. The van der Waals surface area contributed by atoms with Crippen LogP contribution in [0.5, 0.6) is 0 Å². The van der Waals surface area contributed by atoms with Crippen molar-refractivity contribution < 1.29 is 48.3 Å². The van der Waals surface area contributed by atoms with Crippen LogP contribution in [0.2, 0.25) is 0 Å². The molecule has 7 aliphatic rings. The standard InChI is InChI=1S/C62H81N9O10/c1-5-13-44(52(73)58(78)65-40-24-25-40)66-57(77)51-41-20-12-19-39(41)33-70(51)61(81)53(62(2,3)4)69-56(76)50(37-16-7-6-8-17-37)68-54(74)46-32-63-45(31-64-46)36-15-10-9-14-34(22-23-36)28-35-29-38-18-11-21-42-49(38)43(30-35)60(80)71(59(42)79)47-26-27-48(72)67-55(47)75/h11,18,21,29-32,34,36-37,39-41,44,47,50-53,73H,5-10,12-17,19-20,22-28,33H2,1-4H3,(H,65,78)(H,66,77)(H,68,74)(H,69,76)(H,67,72,75)/t34?,36?,39-,41-,44+,47?,50-,51-,52?,53+/m0/s1. The summed E-state index contributed by atoms with van der Waals surface area (Å²) in [5.74, 6) is -4.30. The van der Waals surface area contributed by atoms with Gasteiger partial charge < -0.3 is 31.3 Å². The van der Waals surface area contributed by atoms with Crippen molar-refractivity contribution in [2.75, 3.05) is 6.54 Å². The molecule has 434 valence electrons. The molecule has 4 saturated carbocycles. The van der Waals surface area contributed by atoms with E-state index in [4.69, 9.17) is 4.98 Å². The first kappa shape index (κ1) is 57.6. The molecule has 0 bridgehead atoms. The number of aliphatic hydroxyl groups is 1. The van der Waals surface area contributed by atoms with Gasteiger partial charge in [0, 0.05) is 47.6 Å². The van der Waals surface area contributed by atoms with E-state index in [0.717, 1.165) is 111 Å². The fourth-order valence-corrected chi connectivity index (χ4v) is 14.1. The molecule has 19 heteroatoms. The second-order valence-electron chi connectivity index (χ2n) is 25.5. The number of hydrogen-bond acceptors (Lipinski definition) is 12. The average molecular weight is 1110 g/mol. The van der Waals surface area contributed by atoms with Gasteiger partial charge in [0.15, 0.2) is 6.10 Å². The Bertz CT molecular complexity index is 2930. The van der Waals surface area contributed by atoms with Crippen LogP contribution in [-0.4, -0.2) is 127 Å². The van der Waals surface area contributed by atoms with Gasteiger partial charge in [-0.25, -0.2) is 4.98 Å². The number of amides is 9. The number of imide groups is 2. The van der Waals surface area contributed by atoms with E-state index in [9.17, 15) is 43.5 Å². The Balaban J connectivity index is 0.798. The molecule has 10 atom stereocenters. The molecule has 3 aromatic rings. The molecule has 0 radical (unpaired) electrons. The minimum Gasteiger partial charge on any atom is -0.381 e. The second-order valence-corrected chi connectivity index (χ2v) is 25.5. The maximum atomic E-state index is 15.0. The van der Waals surface area contributed by atoms with Crippen LogP contribution in [0.25, 0.3) is 10.8 Å². The third-order valence-electron chi connectivity index (χ3n) is 18.7. The van der Waals surface area contributed by atoms with Gasteiger partial charge in [-0.3, -0.25) is 58.4 Å². The number of aliphatic hydroxyl groups excluding tert-OH is 1. The van der Waals surface area contributed by atoms with Gasteiger partial charge in [-0.15, -0.1) is 0 Å². The van der Waals surface area contributed by atoms with E-state index < -0.39 is 89.0 Å². The minimum absolute atomic E-state index is 0.0381. The van der Waals surface area contributed by atoms with Crippen LogP contribution in [0.4, 0.5) is 0 Å². The van der Waals surface area contributed by atoms with E-state index in [-0.39, 0.29) is 60.1 Å². The lowest BCUT2D eigenvalue weighted by Gasteiger charge is -2.38. The van der Waals surface area contributed by atoms with E-state index in [1.54, 1.807) is 23.2 Å². The van der Waals surface area contributed by atoms with E-state index in [1.165, 1.54) is 6.20 Å². The monoisotopic (exact) mass is 1110 g/mol. The van der Waals surface area contributed by atoms with Gasteiger partial charge in [0.2, 0.25) is 29.5 Å². The third kappa shape index (κ3) is 12.6. The first-order valence-corrected chi connectivity index (χ1v) is 30.2. The number of fused-ring (bicyclic) bond motifs is 1. The number of aromatic nitrogens is 2. The molecule has 4 aliphatic carbocycles. The summed E-state index contributed by atoms with van der Waals surface area (Å²) < 4.78 is 0. The Labute approximate surface area is 474 Å². The smallest absolute Gasteiger partial charge is 0.272 e. The van der Waals surface area contributed by atoms with E-state index in [1.807, 2.05) is 39.8 Å². The van der Waals surface area contributed by atoms with Crippen molar-refractivity contribution in [3.8, 4) is 0 Å². The van der Waals surface area contributed by atoms with Crippen molar-refractivity contribution in [3.63, 3.8) is 0 Å². The van der Waals surface area contributed by atoms with Crippen LogP contribution >= 0.6 is 0 Å². The maximum Gasteiger partial charge on any atom is 0.272 e. The number of rotatable bonds is 17. The Morgan fingerprint density at radius 1 is 0.778 bits per heavy atom. The third-order valence-corrected chi connectivity index (χ3v) is 18.7. The molecule has 9 amide bonds. The summed E-state index contributed by atoms with van der Waals surface area (Å²) in [4.78, 5) is 136. The summed E-state index contributed by atoms with van der Waals surface area (Å²) in [5, 5.41) is 26.7. The van der Waals surface area contributed by atoms with Gasteiger partial charge in [-0.2, -0.15) is 0 Å².